The standard InChI is InChI=1S/C15H23NO2/c1-11(16)9-12-7-8-14(15(10-12)17-2)18-13-5-3-4-6-13/h7-8,10-11,13H,3-6,9,16H2,1-2H3. The Balaban J connectivity index is 2.09. The third-order valence-corrected chi connectivity index (χ3v) is 3.38. The largest absolute Gasteiger partial charge is 0.493 e. The van der Waals surface area contributed by atoms with Crippen LogP contribution in [0.2, 0.25) is 0 Å². The minimum absolute atomic E-state index is 0.163. The number of methoxy groups -OCH3 is 1. The maximum atomic E-state index is 6.00. The SMILES string of the molecule is COc1cc(CC(C)N)ccc1OC1CCCC1. The molecule has 1 aromatic rings. The first kappa shape index (κ1) is 13.2. The van der Waals surface area contributed by atoms with E-state index in [-0.39, 0.29) is 6.04 Å². The van der Waals surface area contributed by atoms with Crippen LogP contribution in [0.25, 0.3) is 0 Å². The molecule has 1 fully saturated rings. The molecule has 100 valence electrons. The van der Waals surface area contributed by atoms with Crippen molar-refractivity contribution in [2.24, 2.45) is 5.73 Å². The summed E-state index contributed by atoms with van der Waals surface area (Å²) in [6.45, 7) is 2.01. The van der Waals surface area contributed by atoms with Gasteiger partial charge >= 0.3 is 0 Å². The van der Waals surface area contributed by atoms with Crippen molar-refractivity contribution in [3.8, 4) is 11.5 Å². The monoisotopic (exact) mass is 249 g/mol. The van der Waals surface area contributed by atoms with Gasteiger partial charge in [0.05, 0.1) is 13.2 Å². The van der Waals surface area contributed by atoms with Gasteiger partial charge in [-0.1, -0.05) is 6.07 Å². The predicted octanol–water partition coefficient (Wildman–Crippen LogP) is 2.91. The van der Waals surface area contributed by atoms with E-state index in [4.69, 9.17) is 15.2 Å². The van der Waals surface area contributed by atoms with Gasteiger partial charge in [0.1, 0.15) is 0 Å². The number of benzene rings is 1. The fourth-order valence-corrected chi connectivity index (χ4v) is 2.49. The van der Waals surface area contributed by atoms with Gasteiger partial charge in [-0.2, -0.15) is 0 Å². The van der Waals surface area contributed by atoms with E-state index in [1.165, 1.54) is 18.4 Å². The Morgan fingerprint density at radius 2 is 2.00 bits per heavy atom. The van der Waals surface area contributed by atoms with Crippen molar-refractivity contribution < 1.29 is 9.47 Å². The van der Waals surface area contributed by atoms with E-state index in [1.54, 1.807) is 7.11 Å². The molecule has 3 nitrogen and oxygen atoms in total. The van der Waals surface area contributed by atoms with Crippen molar-refractivity contribution in [1.82, 2.24) is 0 Å². The molecule has 1 aromatic carbocycles. The lowest BCUT2D eigenvalue weighted by atomic mass is 10.1. The summed E-state index contributed by atoms with van der Waals surface area (Å²) in [5.41, 5.74) is 7.01. The Kier molecular flexibility index (Phi) is 4.48. The minimum Gasteiger partial charge on any atom is -0.493 e. The third kappa shape index (κ3) is 3.39. The maximum absolute atomic E-state index is 6.00. The number of rotatable bonds is 5. The molecule has 0 aliphatic heterocycles. The van der Waals surface area contributed by atoms with Crippen LogP contribution in [0.4, 0.5) is 0 Å². The van der Waals surface area contributed by atoms with Crippen molar-refractivity contribution in [1.29, 1.82) is 0 Å². The van der Waals surface area contributed by atoms with Crippen LogP contribution < -0.4 is 15.2 Å². The molecule has 3 heteroatoms. The molecule has 2 rings (SSSR count). The topological polar surface area (TPSA) is 44.5 Å². The molecular weight excluding hydrogens is 226 g/mol. The minimum atomic E-state index is 0.163. The van der Waals surface area contributed by atoms with E-state index in [2.05, 4.69) is 6.07 Å². The van der Waals surface area contributed by atoms with Gasteiger partial charge in [0.25, 0.3) is 0 Å². The molecule has 1 unspecified atom stereocenters. The van der Waals surface area contributed by atoms with Gasteiger partial charge in [0.2, 0.25) is 0 Å². The van der Waals surface area contributed by atoms with Gasteiger partial charge < -0.3 is 15.2 Å². The van der Waals surface area contributed by atoms with Gasteiger partial charge in [0.15, 0.2) is 11.5 Å². The summed E-state index contributed by atoms with van der Waals surface area (Å²) in [5.74, 6) is 1.68. The Morgan fingerprint density at radius 1 is 1.28 bits per heavy atom. The van der Waals surface area contributed by atoms with Crippen LogP contribution >= 0.6 is 0 Å². The molecule has 1 atom stereocenters. The summed E-state index contributed by atoms with van der Waals surface area (Å²) < 4.78 is 11.4. The lowest BCUT2D eigenvalue weighted by Gasteiger charge is -2.17. The molecule has 1 aliphatic carbocycles. The molecular formula is C15H23NO2. The van der Waals surface area contributed by atoms with Crippen molar-refractivity contribution in [3.63, 3.8) is 0 Å². The normalized spacial score (nSPS) is 17.7. The van der Waals surface area contributed by atoms with Gasteiger partial charge in [0, 0.05) is 6.04 Å². The molecule has 0 saturated heterocycles. The summed E-state index contributed by atoms with van der Waals surface area (Å²) in [6, 6.07) is 6.29. The number of hydrogen-bond donors (Lipinski definition) is 1. The fraction of sp³-hybridized carbons (Fsp3) is 0.600. The molecule has 0 spiro atoms. The van der Waals surface area contributed by atoms with Crippen molar-refractivity contribution in [2.75, 3.05) is 7.11 Å². The molecule has 1 saturated carbocycles. The van der Waals surface area contributed by atoms with Gasteiger partial charge in [-0.25, -0.2) is 0 Å². The van der Waals surface area contributed by atoms with Crippen molar-refractivity contribution in [3.05, 3.63) is 23.8 Å². The van der Waals surface area contributed by atoms with E-state index in [9.17, 15) is 0 Å². The van der Waals surface area contributed by atoms with Crippen LogP contribution in [0.15, 0.2) is 18.2 Å². The van der Waals surface area contributed by atoms with Crippen LogP contribution in [-0.2, 0) is 6.42 Å². The van der Waals surface area contributed by atoms with E-state index in [0.717, 1.165) is 30.8 Å². The predicted molar refractivity (Wildman–Crippen MR) is 73.2 cm³/mol. The van der Waals surface area contributed by atoms with Crippen LogP contribution in [-0.4, -0.2) is 19.3 Å². The summed E-state index contributed by atoms with van der Waals surface area (Å²) in [4.78, 5) is 0. The highest BCUT2D eigenvalue weighted by Gasteiger charge is 2.18. The summed E-state index contributed by atoms with van der Waals surface area (Å²) in [7, 11) is 1.69. The molecule has 0 radical (unpaired) electrons. The second-order valence-electron chi connectivity index (χ2n) is 5.19. The van der Waals surface area contributed by atoms with E-state index < -0.39 is 0 Å². The van der Waals surface area contributed by atoms with Gasteiger partial charge in [-0.05, 0) is 56.7 Å². The smallest absolute Gasteiger partial charge is 0.161 e. The van der Waals surface area contributed by atoms with Crippen LogP contribution in [0.5, 0.6) is 11.5 Å². The van der Waals surface area contributed by atoms with E-state index in [0.29, 0.717) is 6.10 Å². The van der Waals surface area contributed by atoms with Crippen molar-refractivity contribution in [2.45, 2.75) is 51.2 Å². The Bertz CT molecular complexity index is 384. The van der Waals surface area contributed by atoms with Crippen LogP contribution in [0, 0.1) is 0 Å². The molecule has 0 amide bonds. The zero-order chi connectivity index (χ0) is 13.0. The van der Waals surface area contributed by atoms with Crippen LogP contribution in [0.3, 0.4) is 0 Å². The van der Waals surface area contributed by atoms with Crippen LogP contribution in [0.1, 0.15) is 38.2 Å². The molecule has 0 bridgehead atoms. The third-order valence-electron chi connectivity index (χ3n) is 3.38. The second kappa shape index (κ2) is 6.10. The zero-order valence-corrected chi connectivity index (χ0v) is 11.3. The Morgan fingerprint density at radius 3 is 2.61 bits per heavy atom. The number of ether oxygens (including phenoxy) is 2. The first-order valence-electron chi connectivity index (χ1n) is 6.78. The first-order valence-corrected chi connectivity index (χ1v) is 6.78. The summed E-state index contributed by atoms with van der Waals surface area (Å²) in [5, 5.41) is 0. The molecule has 18 heavy (non-hydrogen) atoms. The first-order chi connectivity index (χ1) is 8.69. The Labute approximate surface area is 109 Å². The van der Waals surface area contributed by atoms with E-state index >= 15 is 0 Å². The lowest BCUT2D eigenvalue weighted by molar-refractivity contribution is 0.200. The molecule has 0 heterocycles. The van der Waals surface area contributed by atoms with Crippen molar-refractivity contribution >= 4 is 0 Å². The number of nitrogens with two attached hydrogens (primary N) is 1. The number of hydrogen-bond acceptors (Lipinski definition) is 3. The fourth-order valence-electron chi connectivity index (χ4n) is 2.49. The average Bonchev–Trinajstić information content (AvgIpc) is 2.83. The van der Waals surface area contributed by atoms with Gasteiger partial charge in [-0.15, -0.1) is 0 Å². The van der Waals surface area contributed by atoms with E-state index in [1.807, 2.05) is 19.1 Å². The average molecular weight is 249 g/mol. The highest BCUT2D eigenvalue weighted by atomic mass is 16.5. The highest BCUT2D eigenvalue weighted by molar-refractivity contribution is 5.43. The summed E-state index contributed by atoms with van der Waals surface area (Å²) in [6.07, 6.45) is 6.08. The second-order valence-corrected chi connectivity index (χ2v) is 5.19. The van der Waals surface area contributed by atoms with Gasteiger partial charge in [-0.3, -0.25) is 0 Å². The molecule has 2 N–H and O–H groups in total. The quantitative estimate of drug-likeness (QED) is 0.872. The summed E-state index contributed by atoms with van der Waals surface area (Å²) >= 11 is 0. The zero-order valence-electron chi connectivity index (χ0n) is 11.3. The molecule has 0 aromatic heterocycles. The maximum Gasteiger partial charge on any atom is 0.161 e. The molecule has 1 aliphatic rings. The highest BCUT2D eigenvalue weighted by Crippen LogP contribution is 2.32. The lowest BCUT2D eigenvalue weighted by Crippen LogP contribution is -2.18. The Hall–Kier alpha value is -1.22.